The standard InChI is InChI=1S/C73H142O17P2/c1-7-9-11-13-15-17-18-26-33-39-45-51-57-72(77)89-68(61-83-70(75)55-49-43-37-16-14-12-10-8-2)63-87-91(79,80)85-59-67(74)60-86-92(81,82)88-64-69(62-84-71(76)56-50-44-38-32-29-28-31-36-42-48-54-66(5)6)90-73(78)58-52-46-40-34-27-24-22-20-19-21-23-25-30-35-41-47-53-65(3)4/h65-69,74H,7-64H2,1-6H3,(H,79,80)(H,81,82)/t67-,68+,69+/m0/s1. The number of ether oxygens (including phenoxy) is 4. The summed E-state index contributed by atoms with van der Waals surface area (Å²) in [5, 5.41) is 10.6. The zero-order chi connectivity index (χ0) is 67.9. The largest absolute Gasteiger partial charge is 0.472 e. The van der Waals surface area contributed by atoms with E-state index in [0.717, 1.165) is 108 Å². The number of rotatable bonds is 72. The first-order chi connectivity index (χ1) is 44.4. The van der Waals surface area contributed by atoms with Gasteiger partial charge in [-0.1, -0.05) is 324 Å². The highest BCUT2D eigenvalue weighted by molar-refractivity contribution is 7.47. The van der Waals surface area contributed by atoms with Gasteiger partial charge in [0.2, 0.25) is 0 Å². The second-order valence-corrected chi connectivity index (χ2v) is 30.2. The van der Waals surface area contributed by atoms with Crippen LogP contribution < -0.4 is 0 Å². The number of carbonyl (C=O) groups excluding carboxylic acids is 4. The van der Waals surface area contributed by atoms with Crippen LogP contribution in [-0.4, -0.2) is 96.7 Å². The number of esters is 4. The second-order valence-electron chi connectivity index (χ2n) is 27.3. The van der Waals surface area contributed by atoms with Crippen LogP contribution in [0.3, 0.4) is 0 Å². The Hall–Kier alpha value is -1.94. The molecule has 546 valence electrons. The van der Waals surface area contributed by atoms with Crippen molar-refractivity contribution in [2.45, 2.75) is 394 Å². The quantitative estimate of drug-likeness (QED) is 0.0222. The molecule has 0 rings (SSSR count). The molecular weight excluding hydrogens is 1210 g/mol. The number of unbranched alkanes of at least 4 members (excludes halogenated alkanes) is 42. The van der Waals surface area contributed by atoms with Gasteiger partial charge in [-0.3, -0.25) is 37.3 Å². The molecule has 0 saturated heterocycles. The maximum Gasteiger partial charge on any atom is 0.472 e. The Labute approximate surface area is 562 Å². The minimum atomic E-state index is -4.95. The number of phosphoric ester groups is 2. The smallest absolute Gasteiger partial charge is 0.462 e. The molecule has 19 heteroatoms. The van der Waals surface area contributed by atoms with Crippen molar-refractivity contribution in [2.75, 3.05) is 39.6 Å². The average molecular weight is 1350 g/mol. The molecule has 2 unspecified atom stereocenters. The number of hydrogen-bond acceptors (Lipinski definition) is 15. The van der Waals surface area contributed by atoms with Crippen LogP contribution in [0.4, 0.5) is 0 Å². The van der Waals surface area contributed by atoms with E-state index in [1.54, 1.807) is 0 Å². The SMILES string of the molecule is CCCCCCCCCCCCCCC(=O)O[C@H](COC(=O)CCCCCCCCCC)COP(=O)(O)OC[C@H](O)COP(=O)(O)OC[C@@H](COC(=O)CCCCCCCCCCCCC(C)C)OC(=O)CCCCCCCCCCCCCCCCCCC(C)C. The molecule has 0 aromatic carbocycles. The van der Waals surface area contributed by atoms with Crippen LogP contribution in [0.5, 0.6) is 0 Å². The fourth-order valence-corrected chi connectivity index (χ4v) is 12.7. The van der Waals surface area contributed by atoms with Crippen LogP contribution >= 0.6 is 15.6 Å². The fourth-order valence-electron chi connectivity index (χ4n) is 11.1. The predicted molar refractivity (Wildman–Crippen MR) is 372 cm³/mol. The van der Waals surface area contributed by atoms with E-state index in [-0.39, 0.29) is 25.7 Å². The van der Waals surface area contributed by atoms with Crippen LogP contribution in [0.2, 0.25) is 0 Å². The summed E-state index contributed by atoms with van der Waals surface area (Å²) in [5.74, 6) is -0.554. The molecule has 0 aromatic heterocycles. The number of hydrogen-bond donors (Lipinski definition) is 3. The first-order valence-electron chi connectivity index (χ1n) is 38.0. The zero-order valence-corrected chi connectivity index (χ0v) is 61.6. The molecule has 5 atom stereocenters. The number of carbonyl (C=O) groups is 4. The lowest BCUT2D eigenvalue weighted by Gasteiger charge is -2.21. The number of aliphatic hydroxyl groups is 1. The summed E-state index contributed by atoms with van der Waals surface area (Å²) < 4.78 is 68.3. The molecule has 0 amide bonds. The van der Waals surface area contributed by atoms with Crippen molar-refractivity contribution in [1.82, 2.24) is 0 Å². The van der Waals surface area contributed by atoms with E-state index < -0.39 is 97.5 Å². The molecule has 0 aliphatic rings. The molecular formula is C73H142O17P2. The topological polar surface area (TPSA) is 237 Å². The Morgan fingerprint density at radius 1 is 0.293 bits per heavy atom. The zero-order valence-electron chi connectivity index (χ0n) is 59.9. The van der Waals surface area contributed by atoms with Gasteiger partial charge in [0, 0.05) is 25.7 Å². The van der Waals surface area contributed by atoms with Crippen LogP contribution in [0.25, 0.3) is 0 Å². The minimum absolute atomic E-state index is 0.107. The van der Waals surface area contributed by atoms with E-state index in [1.807, 2.05) is 0 Å². The van der Waals surface area contributed by atoms with Gasteiger partial charge >= 0.3 is 39.5 Å². The summed E-state index contributed by atoms with van der Waals surface area (Å²) in [6, 6.07) is 0. The third-order valence-corrected chi connectivity index (χ3v) is 18.9. The molecule has 3 N–H and O–H groups in total. The predicted octanol–water partition coefficient (Wildman–Crippen LogP) is 21.2. The van der Waals surface area contributed by atoms with Crippen molar-refractivity contribution in [1.29, 1.82) is 0 Å². The molecule has 0 heterocycles. The molecule has 0 fully saturated rings. The van der Waals surface area contributed by atoms with Gasteiger partial charge in [-0.2, -0.15) is 0 Å². The van der Waals surface area contributed by atoms with E-state index in [0.29, 0.717) is 25.7 Å². The molecule has 0 aromatic rings. The fraction of sp³-hybridized carbons (Fsp3) is 0.945. The van der Waals surface area contributed by atoms with Crippen molar-refractivity contribution in [2.24, 2.45) is 11.8 Å². The summed E-state index contributed by atoms with van der Waals surface area (Å²) in [4.78, 5) is 72.6. The van der Waals surface area contributed by atoms with Gasteiger partial charge in [0.15, 0.2) is 12.2 Å². The van der Waals surface area contributed by atoms with Crippen molar-refractivity contribution < 1.29 is 80.2 Å². The highest BCUT2D eigenvalue weighted by Gasteiger charge is 2.30. The van der Waals surface area contributed by atoms with Gasteiger partial charge in [0.1, 0.15) is 19.3 Å². The van der Waals surface area contributed by atoms with Gasteiger partial charge in [-0.25, -0.2) is 9.13 Å². The molecule has 0 bridgehead atoms. The Balaban J connectivity index is 5.20. The lowest BCUT2D eigenvalue weighted by molar-refractivity contribution is -0.161. The first kappa shape index (κ1) is 90.1. The van der Waals surface area contributed by atoms with E-state index in [2.05, 4.69) is 41.5 Å². The molecule has 0 saturated carbocycles. The van der Waals surface area contributed by atoms with Crippen molar-refractivity contribution in [3.8, 4) is 0 Å². The van der Waals surface area contributed by atoms with Gasteiger partial charge in [-0.05, 0) is 37.5 Å². The highest BCUT2D eigenvalue weighted by Crippen LogP contribution is 2.45. The molecule has 0 radical (unpaired) electrons. The molecule has 0 aliphatic carbocycles. The molecule has 0 spiro atoms. The van der Waals surface area contributed by atoms with Crippen LogP contribution in [0, 0.1) is 11.8 Å². The summed E-state index contributed by atoms with van der Waals surface area (Å²) in [6.45, 7) is 9.57. The van der Waals surface area contributed by atoms with Gasteiger partial charge in [0.05, 0.1) is 26.4 Å². The Morgan fingerprint density at radius 2 is 0.500 bits per heavy atom. The molecule has 92 heavy (non-hydrogen) atoms. The monoisotopic (exact) mass is 1350 g/mol. The van der Waals surface area contributed by atoms with Gasteiger partial charge in [0.25, 0.3) is 0 Å². The van der Waals surface area contributed by atoms with Crippen molar-refractivity contribution in [3.63, 3.8) is 0 Å². The Kier molecular flexibility index (Phi) is 63.7. The van der Waals surface area contributed by atoms with E-state index in [4.69, 9.17) is 37.0 Å². The first-order valence-corrected chi connectivity index (χ1v) is 41.0. The summed E-state index contributed by atoms with van der Waals surface area (Å²) in [7, 11) is -9.90. The normalized spacial score (nSPS) is 14.1. The maximum atomic E-state index is 13.1. The Morgan fingerprint density at radius 3 is 0.739 bits per heavy atom. The highest BCUT2D eigenvalue weighted by atomic mass is 31.2. The van der Waals surface area contributed by atoms with Gasteiger partial charge in [-0.15, -0.1) is 0 Å². The lowest BCUT2D eigenvalue weighted by Crippen LogP contribution is -2.30. The summed E-state index contributed by atoms with van der Waals surface area (Å²) in [6.07, 6.45) is 51.3. The minimum Gasteiger partial charge on any atom is -0.462 e. The average Bonchev–Trinajstić information content (AvgIpc) is 2.69. The van der Waals surface area contributed by atoms with E-state index >= 15 is 0 Å². The lowest BCUT2D eigenvalue weighted by atomic mass is 10.0. The molecule has 0 aliphatic heterocycles. The van der Waals surface area contributed by atoms with Crippen molar-refractivity contribution in [3.05, 3.63) is 0 Å². The summed E-state index contributed by atoms with van der Waals surface area (Å²) >= 11 is 0. The van der Waals surface area contributed by atoms with E-state index in [1.165, 1.54) is 186 Å². The van der Waals surface area contributed by atoms with Gasteiger partial charge < -0.3 is 33.8 Å². The second kappa shape index (κ2) is 65.0. The maximum absolute atomic E-state index is 13.1. The summed E-state index contributed by atoms with van der Waals surface area (Å²) in [5.41, 5.74) is 0. The van der Waals surface area contributed by atoms with Crippen molar-refractivity contribution >= 4 is 39.5 Å². The third-order valence-electron chi connectivity index (χ3n) is 17.0. The van der Waals surface area contributed by atoms with Crippen LogP contribution in [0.15, 0.2) is 0 Å². The van der Waals surface area contributed by atoms with E-state index in [9.17, 15) is 43.2 Å². The number of phosphoric acid groups is 2. The molecule has 17 nitrogen and oxygen atoms in total. The van der Waals surface area contributed by atoms with Crippen LogP contribution in [-0.2, 0) is 65.4 Å². The van der Waals surface area contributed by atoms with Crippen LogP contribution in [0.1, 0.15) is 375 Å². The number of aliphatic hydroxyl groups excluding tert-OH is 1. The Bertz CT molecular complexity index is 1790. The third kappa shape index (κ3) is 66.7.